The Balaban J connectivity index is 0.00000112. The minimum Gasteiger partial charge on any atom is -0.478 e. The Morgan fingerprint density at radius 2 is 2.07 bits per heavy atom. The maximum Gasteiger partial charge on any atom is 0.335 e. The molecule has 2 N–H and O–H groups in total. The summed E-state index contributed by atoms with van der Waals surface area (Å²) in [7, 11) is 0. The van der Waals surface area contributed by atoms with E-state index in [2.05, 4.69) is 5.32 Å². The first kappa shape index (κ1) is 11.5. The number of nitrogens with one attached hydrogen (secondary N) is 1. The van der Waals surface area contributed by atoms with Crippen LogP contribution in [0.1, 0.15) is 22.3 Å². The van der Waals surface area contributed by atoms with Crippen LogP contribution < -0.4 is 5.32 Å². The topological polar surface area (TPSA) is 66.4 Å². The number of hydrogen-bond donors (Lipinski definition) is 2. The molecule has 2 rings (SSSR count). The summed E-state index contributed by atoms with van der Waals surface area (Å²) in [4.78, 5) is 21.7. The van der Waals surface area contributed by atoms with Gasteiger partial charge in [-0.1, -0.05) is 6.07 Å². The Morgan fingerprint density at radius 1 is 1.33 bits per heavy atom. The fourth-order valence-electron chi connectivity index (χ4n) is 1.50. The first-order valence-corrected chi connectivity index (χ1v) is 4.33. The standard InChI is InChI=1S/C10H9NO3.ClH/c12-9-4-3-6-1-2-7(10(13)14)5-8(6)11-9;/h1-2,5H,3-4H2,(H,11,12)(H,13,14);1H. The van der Waals surface area contributed by atoms with E-state index in [1.807, 2.05) is 0 Å². The maximum absolute atomic E-state index is 11.0. The van der Waals surface area contributed by atoms with Crippen molar-refractivity contribution in [3.05, 3.63) is 29.3 Å². The van der Waals surface area contributed by atoms with Crippen molar-refractivity contribution in [2.75, 3.05) is 5.32 Å². The van der Waals surface area contributed by atoms with Gasteiger partial charge in [0.15, 0.2) is 0 Å². The fraction of sp³-hybridized carbons (Fsp3) is 0.200. The highest BCUT2D eigenvalue weighted by atomic mass is 35.5. The van der Waals surface area contributed by atoms with Crippen molar-refractivity contribution >= 4 is 30.0 Å². The minimum atomic E-state index is -0.979. The third-order valence-corrected chi connectivity index (χ3v) is 2.25. The minimum absolute atomic E-state index is 0. The molecule has 1 heterocycles. The second-order valence-corrected chi connectivity index (χ2v) is 3.23. The molecule has 0 radical (unpaired) electrons. The molecule has 0 fully saturated rings. The SMILES string of the molecule is Cl.O=C1CCc2ccc(C(=O)O)cc2N1. The molecule has 0 bridgehead atoms. The van der Waals surface area contributed by atoms with Crippen LogP contribution in [0.25, 0.3) is 0 Å². The van der Waals surface area contributed by atoms with Gasteiger partial charge in [0.2, 0.25) is 5.91 Å². The van der Waals surface area contributed by atoms with E-state index in [0.29, 0.717) is 18.5 Å². The van der Waals surface area contributed by atoms with Gasteiger partial charge in [-0.2, -0.15) is 0 Å². The zero-order valence-electron chi connectivity index (χ0n) is 7.82. The van der Waals surface area contributed by atoms with Crippen LogP contribution in [-0.4, -0.2) is 17.0 Å². The van der Waals surface area contributed by atoms with Crippen molar-refractivity contribution in [3.63, 3.8) is 0 Å². The van der Waals surface area contributed by atoms with E-state index in [1.165, 1.54) is 6.07 Å². The number of amides is 1. The van der Waals surface area contributed by atoms with Crippen LogP contribution in [0.2, 0.25) is 0 Å². The third kappa shape index (κ3) is 2.27. The smallest absolute Gasteiger partial charge is 0.335 e. The fourth-order valence-corrected chi connectivity index (χ4v) is 1.50. The highest BCUT2D eigenvalue weighted by Gasteiger charge is 2.15. The molecule has 0 atom stereocenters. The molecular formula is C10H10ClNO3. The van der Waals surface area contributed by atoms with E-state index in [9.17, 15) is 9.59 Å². The average molecular weight is 228 g/mol. The van der Waals surface area contributed by atoms with Crippen molar-refractivity contribution < 1.29 is 14.7 Å². The third-order valence-electron chi connectivity index (χ3n) is 2.25. The Labute approximate surface area is 92.7 Å². The molecule has 1 aliphatic rings. The number of hydrogen-bond acceptors (Lipinski definition) is 2. The molecule has 80 valence electrons. The van der Waals surface area contributed by atoms with Crippen LogP contribution >= 0.6 is 12.4 Å². The maximum atomic E-state index is 11.0. The van der Waals surface area contributed by atoms with Crippen LogP contribution in [0.15, 0.2) is 18.2 Å². The molecule has 0 spiro atoms. The molecule has 1 aromatic rings. The largest absolute Gasteiger partial charge is 0.478 e. The van der Waals surface area contributed by atoms with Crippen molar-refractivity contribution in [3.8, 4) is 0 Å². The number of benzene rings is 1. The zero-order chi connectivity index (χ0) is 10.1. The van der Waals surface area contributed by atoms with Gasteiger partial charge >= 0.3 is 5.97 Å². The van der Waals surface area contributed by atoms with Crippen molar-refractivity contribution in [1.82, 2.24) is 0 Å². The molecule has 5 heteroatoms. The van der Waals surface area contributed by atoms with E-state index < -0.39 is 5.97 Å². The quantitative estimate of drug-likeness (QED) is 0.767. The second kappa shape index (κ2) is 4.31. The summed E-state index contributed by atoms with van der Waals surface area (Å²) >= 11 is 0. The van der Waals surface area contributed by atoms with E-state index in [-0.39, 0.29) is 23.9 Å². The Hall–Kier alpha value is -1.55. The molecule has 15 heavy (non-hydrogen) atoms. The van der Waals surface area contributed by atoms with Gasteiger partial charge < -0.3 is 10.4 Å². The zero-order valence-corrected chi connectivity index (χ0v) is 8.63. The summed E-state index contributed by atoms with van der Waals surface area (Å²) in [6.45, 7) is 0. The lowest BCUT2D eigenvalue weighted by molar-refractivity contribution is -0.116. The first-order chi connectivity index (χ1) is 6.66. The van der Waals surface area contributed by atoms with Gasteiger partial charge in [-0.05, 0) is 24.1 Å². The summed E-state index contributed by atoms with van der Waals surface area (Å²) in [5.74, 6) is -1.03. The van der Waals surface area contributed by atoms with E-state index >= 15 is 0 Å². The van der Waals surface area contributed by atoms with Gasteiger partial charge in [0.25, 0.3) is 0 Å². The molecule has 0 aliphatic carbocycles. The number of rotatable bonds is 1. The highest BCUT2D eigenvalue weighted by molar-refractivity contribution is 5.96. The summed E-state index contributed by atoms with van der Waals surface area (Å²) in [5.41, 5.74) is 1.82. The highest BCUT2D eigenvalue weighted by Crippen LogP contribution is 2.23. The lowest BCUT2D eigenvalue weighted by Crippen LogP contribution is -2.19. The normalized spacial score (nSPS) is 13.5. The molecular weight excluding hydrogens is 218 g/mol. The average Bonchev–Trinajstić information content (AvgIpc) is 2.16. The van der Waals surface area contributed by atoms with Crippen LogP contribution in [-0.2, 0) is 11.2 Å². The van der Waals surface area contributed by atoms with Gasteiger partial charge in [-0.15, -0.1) is 12.4 Å². The van der Waals surface area contributed by atoms with Crippen molar-refractivity contribution in [2.24, 2.45) is 0 Å². The van der Waals surface area contributed by atoms with Gasteiger partial charge in [-0.25, -0.2) is 4.79 Å². The van der Waals surface area contributed by atoms with Gasteiger partial charge in [-0.3, -0.25) is 4.79 Å². The summed E-state index contributed by atoms with van der Waals surface area (Å²) in [6.07, 6.45) is 1.15. The number of carboxylic acids is 1. The van der Waals surface area contributed by atoms with Crippen molar-refractivity contribution in [1.29, 1.82) is 0 Å². The molecule has 1 amide bonds. The Bertz CT molecular complexity index is 417. The predicted molar refractivity (Wildman–Crippen MR) is 57.6 cm³/mol. The molecule has 0 aromatic heterocycles. The van der Waals surface area contributed by atoms with Crippen LogP contribution in [0.5, 0.6) is 0 Å². The molecule has 0 saturated heterocycles. The Kier molecular flexibility index (Phi) is 3.31. The van der Waals surface area contributed by atoms with Crippen LogP contribution in [0, 0.1) is 0 Å². The Morgan fingerprint density at radius 3 is 2.73 bits per heavy atom. The number of aromatic carboxylic acids is 1. The van der Waals surface area contributed by atoms with E-state index in [4.69, 9.17) is 5.11 Å². The van der Waals surface area contributed by atoms with Crippen LogP contribution in [0.4, 0.5) is 5.69 Å². The van der Waals surface area contributed by atoms with Crippen LogP contribution in [0.3, 0.4) is 0 Å². The number of aryl methyl sites for hydroxylation is 1. The summed E-state index contributed by atoms with van der Waals surface area (Å²) in [5, 5.41) is 11.4. The predicted octanol–water partition coefficient (Wildman–Crippen LogP) is 1.69. The molecule has 1 aromatic carbocycles. The number of carbonyl (C=O) groups excluding carboxylic acids is 1. The van der Waals surface area contributed by atoms with Gasteiger partial charge in [0, 0.05) is 12.1 Å². The number of carbonyl (C=O) groups is 2. The monoisotopic (exact) mass is 227 g/mol. The lowest BCUT2D eigenvalue weighted by Gasteiger charge is -2.16. The first-order valence-electron chi connectivity index (χ1n) is 4.33. The lowest BCUT2D eigenvalue weighted by atomic mass is 10.0. The molecule has 0 saturated carbocycles. The summed E-state index contributed by atoms with van der Waals surface area (Å²) < 4.78 is 0. The second-order valence-electron chi connectivity index (χ2n) is 3.23. The van der Waals surface area contributed by atoms with Gasteiger partial charge in [0.1, 0.15) is 0 Å². The van der Waals surface area contributed by atoms with E-state index in [1.54, 1.807) is 12.1 Å². The van der Waals surface area contributed by atoms with E-state index in [0.717, 1.165) is 5.56 Å². The molecule has 4 nitrogen and oxygen atoms in total. The summed E-state index contributed by atoms with van der Waals surface area (Å²) in [6, 6.07) is 4.80. The number of carboxylic acid groups (broad SMARTS) is 1. The van der Waals surface area contributed by atoms with Crippen molar-refractivity contribution in [2.45, 2.75) is 12.8 Å². The molecule has 0 unspecified atom stereocenters. The number of anilines is 1. The molecule has 1 aliphatic heterocycles. The number of halogens is 1. The van der Waals surface area contributed by atoms with Gasteiger partial charge in [0.05, 0.1) is 5.56 Å². The number of fused-ring (bicyclic) bond motifs is 1.